The lowest BCUT2D eigenvalue weighted by atomic mass is 9.87. The predicted octanol–water partition coefficient (Wildman–Crippen LogP) is 1.61. The second-order valence-corrected chi connectivity index (χ2v) is 3.82. The Balaban J connectivity index is 2.48. The van der Waals surface area contributed by atoms with Gasteiger partial charge < -0.3 is 4.90 Å². The fraction of sp³-hybridized carbons (Fsp3) is 0.818. The van der Waals surface area contributed by atoms with Crippen molar-refractivity contribution in [1.29, 1.82) is 0 Å². The van der Waals surface area contributed by atoms with E-state index in [2.05, 4.69) is 0 Å². The average molecular weight is 197 g/mol. The van der Waals surface area contributed by atoms with E-state index in [1.165, 1.54) is 0 Å². The molecule has 1 aliphatic rings. The molecule has 3 nitrogen and oxygen atoms in total. The second-order valence-electron chi connectivity index (χ2n) is 3.82. The molecule has 0 aromatic heterocycles. The van der Waals surface area contributed by atoms with Crippen molar-refractivity contribution in [3.63, 3.8) is 0 Å². The highest BCUT2D eigenvalue weighted by atomic mass is 16.2. The molecule has 0 aromatic rings. The Bertz CT molecular complexity index is 211. The summed E-state index contributed by atoms with van der Waals surface area (Å²) in [6, 6.07) is 0. The van der Waals surface area contributed by atoms with Crippen LogP contribution in [-0.2, 0) is 9.59 Å². The molecular formula is C11H19NO2. The molecule has 3 heteroatoms. The van der Waals surface area contributed by atoms with E-state index in [4.69, 9.17) is 0 Å². The van der Waals surface area contributed by atoms with E-state index < -0.39 is 0 Å². The largest absolute Gasteiger partial charge is 0.343 e. The quantitative estimate of drug-likeness (QED) is 0.689. The highest BCUT2D eigenvalue weighted by Gasteiger charge is 2.27. The molecule has 1 aliphatic carbocycles. The molecule has 0 radical (unpaired) electrons. The van der Waals surface area contributed by atoms with Gasteiger partial charge in [0.15, 0.2) is 0 Å². The van der Waals surface area contributed by atoms with Gasteiger partial charge in [0.2, 0.25) is 5.91 Å². The topological polar surface area (TPSA) is 37.4 Å². The van der Waals surface area contributed by atoms with E-state index in [1.54, 1.807) is 0 Å². The molecule has 0 aromatic carbocycles. The SMILES string of the molecule is CCN(CC)C(=O)C1CCC(=O)CC1. The van der Waals surface area contributed by atoms with Crippen LogP contribution in [0.3, 0.4) is 0 Å². The smallest absolute Gasteiger partial charge is 0.225 e. The molecule has 1 amide bonds. The van der Waals surface area contributed by atoms with Gasteiger partial charge in [0.25, 0.3) is 0 Å². The van der Waals surface area contributed by atoms with Gasteiger partial charge >= 0.3 is 0 Å². The number of ketones is 1. The highest BCUT2D eigenvalue weighted by molar-refractivity contribution is 5.84. The van der Waals surface area contributed by atoms with Crippen molar-refractivity contribution in [2.45, 2.75) is 39.5 Å². The summed E-state index contributed by atoms with van der Waals surface area (Å²) in [5.74, 6) is 0.656. The summed E-state index contributed by atoms with van der Waals surface area (Å²) < 4.78 is 0. The number of nitrogens with zero attached hydrogens (tertiary/aromatic N) is 1. The zero-order valence-electron chi connectivity index (χ0n) is 9.08. The minimum Gasteiger partial charge on any atom is -0.343 e. The first kappa shape index (κ1) is 11.2. The van der Waals surface area contributed by atoms with Crippen LogP contribution in [0.5, 0.6) is 0 Å². The van der Waals surface area contributed by atoms with Crippen molar-refractivity contribution < 1.29 is 9.59 Å². The number of Topliss-reactive ketones (excluding diaryl/α,β-unsaturated/α-hetero) is 1. The maximum Gasteiger partial charge on any atom is 0.225 e. The summed E-state index contributed by atoms with van der Waals surface area (Å²) >= 11 is 0. The average Bonchev–Trinajstić information content (AvgIpc) is 2.20. The van der Waals surface area contributed by atoms with Crippen molar-refractivity contribution in [3.05, 3.63) is 0 Å². The van der Waals surface area contributed by atoms with Gasteiger partial charge in [-0.3, -0.25) is 9.59 Å². The Kier molecular flexibility index (Phi) is 4.11. The van der Waals surface area contributed by atoms with Gasteiger partial charge in [0.1, 0.15) is 5.78 Å². The molecule has 0 heterocycles. The summed E-state index contributed by atoms with van der Waals surface area (Å²) in [4.78, 5) is 24.8. The fourth-order valence-corrected chi connectivity index (χ4v) is 1.98. The molecule has 1 fully saturated rings. The fourth-order valence-electron chi connectivity index (χ4n) is 1.98. The van der Waals surface area contributed by atoms with E-state index in [0.29, 0.717) is 18.6 Å². The standard InChI is InChI=1S/C11H19NO2/c1-3-12(4-2)11(14)9-5-7-10(13)8-6-9/h9H,3-8H2,1-2H3. The Hall–Kier alpha value is -0.860. The summed E-state index contributed by atoms with van der Waals surface area (Å²) in [5, 5.41) is 0. The van der Waals surface area contributed by atoms with Gasteiger partial charge in [-0.05, 0) is 26.7 Å². The molecule has 0 atom stereocenters. The van der Waals surface area contributed by atoms with Crippen LogP contribution in [0.25, 0.3) is 0 Å². The lowest BCUT2D eigenvalue weighted by Crippen LogP contribution is -2.37. The monoisotopic (exact) mass is 197 g/mol. The first-order chi connectivity index (χ1) is 6.69. The molecule has 0 unspecified atom stereocenters. The van der Waals surface area contributed by atoms with Crippen molar-refractivity contribution in [1.82, 2.24) is 4.90 Å². The van der Waals surface area contributed by atoms with Crippen molar-refractivity contribution in [2.75, 3.05) is 13.1 Å². The van der Waals surface area contributed by atoms with Crippen LogP contribution in [0.1, 0.15) is 39.5 Å². The summed E-state index contributed by atoms with van der Waals surface area (Å²) in [5.41, 5.74) is 0. The number of hydrogen-bond donors (Lipinski definition) is 0. The Morgan fingerprint density at radius 2 is 1.79 bits per heavy atom. The summed E-state index contributed by atoms with van der Waals surface area (Å²) in [6.07, 6.45) is 2.71. The molecule has 0 spiro atoms. The van der Waals surface area contributed by atoms with Gasteiger partial charge in [-0.15, -0.1) is 0 Å². The maximum absolute atomic E-state index is 11.9. The highest BCUT2D eigenvalue weighted by Crippen LogP contribution is 2.23. The Labute approximate surface area is 85.5 Å². The van der Waals surface area contributed by atoms with Crippen LogP contribution in [-0.4, -0.2) is 29.7 Å². The van der Waals surface area contributed by atoms with Crippen molar-refractivity contribution in [2.24, 2.45) is 5.92 Å². The van der Waals surface area contributed by atoms with Crippen molar-refractivity contribution >= 4 is 11.7 Å². The number of carbonyl (C=O) groups excluding carboxylic acids is 2. The third-order valence-corrected chi connectivity index (χ3v) is 2.97. The predicted molar refractivity (Wildman–Crippen MR) is 54.9 cm³/mol. The zero-order chi connectivity index (χ0) is 10.6. The number of amides is 1. The third kappa shape index (κ3) is 2.56. The molecule has 0 N–H and O–H groups in total. The summed E-state index contributed by atoms with van der Waals surface area (Å²) in [7, 11) is 0. The lowest BCUT2D eigenvalue weighted by molar-refractivity contribution is -0.137. The summed E-state index contributed by atoms with van der Waals surface area (Å²) in [6.45, 7) is 5.55. The molecule has 0 aliphatic heterocycles. The molecule has 80 valence electrons. The molecule has 1 saturated carbocycles. The van der Waals surface area contributed by atoms with Crippen LogP contribution >= 0.6 is 0 Å². The second kappa shape index (κ2) is 5.13. The van der Waals surface area contributed by atoms with Crippen LogP contribution in [0.4, 0.5) is 0 Å². The maximum atomic E-state index is 11.9. The van der Waals surface area contributed by atoms with Crippen LogP contribution in [0.15, 0.2) is 0 Å². The molecule has 0 bridgehead atoms. The number of carbonyl (C=O) groups is 2. The number of hydrogen-bond acceptors (Lipinski definition) is 2. The van der Waals surface area contributed by atoms with E-state index in [9.17, 15) is 9.59 Å². The van der Waals surface area contributed by atoms with Crippen LogP contribution in [0.2, 0.25) is 0 Å². The van der Waals surface area contributed by atoms with Gasteiger partial charge in [-0.25, -0.2) is 0 Å². The zero-order valence-corrected chi connectivity index (χ0v) is 9.08. The van der Waals surface area contributed by atoms with Gasteiger partial charge in [-0.2, -0.15) is 0 Å². The minimum absolute atomic E-state index is 0.104. The minimum atomic E-state index is 0.104. The van der Waals surface area contributed by atoms with Crippen LogP contribution in [0, 0.1) is 5.92 Å². The van der Waals surface area contributed by atoms with E-state index >= 15 is 0 Å². The third-order valence-electron chi connectivity index (χ3n) is 2.97. The Morgan fingerprint density at radius 1 is 1.29 bits per heavy atom. The van der Waals surface area contributed by atoms with Gasteiger partial charge in [-0.1, -0.05) is 0 Å². The van der Waals surface area contributed by atoms with E-state index in [0.717, 1.165) is 25.9 Å². The molecule has 14 heavy (non-hydrogen) atoms. The first-order valence-electron chi connectivity index (χ1n) is 5.49. The Morgan fingerprint density at radius 3 is 2.21 bits per heavy atom. The van der Waals surface area contributed by atoms with Gasteiger partial charge in [0.05, 0.1) is 0 Å². The van der Waals surface area contributed by atoms with E-state index in [1.807, 2.05) is 18.7 Å². The number of rotatable bonds is 3. The van der Waals surface area contributed by atoms with Crippen LogP contribution < -0.4 is 0 Å². The normalized spacial score (nSPS) is 18.3. The molecular weight excluding hydrogens is 178 g/mol. The van der Waals surface area contributed by atoms with E-state index in [-0.39, 0.29) is 11.8 Å². The van der Waals surface area contributed by atoms with Gasteiger partial charge in [0, 0.05) is 31.8 Å². The first-order valence-corrected chi connectivity index (χ1v) is 5.49. The lowest BCUT2D eigenvalue weighted by Gasteiger charge is -2.27. The van der Waals surface area contributed by atoms with Crippen molar-refractivity contribution in [3.8, 4) is 0 Å². The molecule has 0 saturated heterocycles. The molecule has 1 rings (SSSR count).